The summed E-state index contributed by atoms with van der Waals surface area (Å²) in [5.74, 6) is 0.878. The number of aromatic nitrogens is 3. The molecule has 0 atom stereocenters. The largest absolute Gasteiger partial charge is 0.491 e. The molecule has 5 heterocycles. The predicted molar refractivity (Wildman–Crippen MR) is 136 cm³/mol. The summed E-state index contributed by atoms with van der Waals surface area (Å²) in [4.78, 5) is 30.2. The number of rotatable bonds is 2. The molecule has 0 aliphatic carbocycles. The van der Waals surface area contributed by atoms with Crippen LogP contribution in [0, 0.1) is 6.92 Å². The molecule has 4 aromatic rings. The lowest BCUT2D eigenvalue weighted by atomic mass is 9.94. The number of hydrogen-bond acceptors (Lipinski definition) is 9. The van der Waals surface area contributed by atoms with E-state index in [4.69, 9.17) is 15.5 Å². The minimum Gasteiger partial charge on any atom is -0.491 e. The van der Waals surface area contributed by atoms with Gasteiger partial charge in [0.05, 0.1) is 12.2 Å². The van der Waals surface area contributed by atoms with Crippen LogP contribution in [0.2, 0.25) is 0 Å². The fourth-order valence-corrected chi connectivity index (χ4v) is 6.30. The lowest BCUT2D eigenvalue weighted by Crippen LogP contribution is -2.48. The van der Waals surface area contributed by atoms with Crippen LogP contribution in [0.15, 0.2) is 24.4 Å². The van der Waals surface area contributed by atoms with Crippen LogP contribution in [-0.2, 0) is 13.0 Å². The first kappa shape index (κ1) is 21.3. The molecule has 3 aromatic heterocycles. The number of thiazole rings is 2. The van der Waals surface area contributed by atoms with Gasteiger partial charge in [0.25, 0.3) is 5.91 Å². The van der Waals surface area contributed by atoms with E-state index < -0.39 is 0 Å². The van der Waals surface area contributed by atoms with Crippen molar-refractivity contribution in [3.05, 3.63) is 46.1 Å². The maximum absolute atomic E-state index is 12.6. The van der Waals surface area contributed by atoms with Gasteiger partial charge >= 0.3 is 0 Å². The lowest BCUT2D eigenvalue weighted by Gasteiger charge is -2.29. The number of nitrogens with one attached hydrogen (secondary N) is 1. The minimum atomic E-state index is -0.285. The van der Waals surface area contributed by atoms with E-state index in [9.17, 15) is 4.79 Å². The summed E-state index contributed by atoms with van der Waals surface area (Å²) in [5.41, 5.74) is 11.5. The number of benzene rings is 1. The first-order chi connectivity index (χ1) is 16.3. The quantitative estimate of drug-likeness (QED) is 0.433. The van der Waals surface area contributed by atoms with Crippen LogP contribution >= 0.6 is 22.7 Å². The second kappa shape index (κ2) is 7.64. The second-order valence-electron chi connectivity index (χ2n) is 9.44. The van der Waals surface area contributed by atoms with Gasteiger partial charge in [-0.15, -0.1) is 0 Å². The van der Waals surface area contributed by atoms with E-state index in [0.29, 0.717) is 29.7 Å². The molecule has 2 aliphatic rings. The topological polar surface area (TPSA) is 106 Å². The Bertz CT molecular complexity index is 1460. The van der Waals surface area contributed by atoms with Gasteiger partial charge in [-0.25, -0.2) is 15.0 Å². The predicted octanol–water partition coefficient (Wildman–Crippen LogP) is 4.17. The number of nitrogens with two attached hydrogens (primary N) is 1. The number of amides is 1. The first-order valence-corrected chi connectivity index (χ1v) is 12.7. The van der Waals surface area contributed by atoms with Crippen LogP contribution in [0.25, 0.3) is 21.5 Å². The Morgan fingerprint density at radius 1 is 1.18 bits per heavy atom. The van der Waals surface area contributed by atoms with E-state index in [1.54, 1.807) is 0 Å². The molecular formula is C24H24N6O2S2. The van der Waals surface area contributed by atoms with Crippen LogP contribution in [-0.4, -0.2) is 39.5 Å². The molecule has 0 unspecified atom stereocenters. The number of nitrogen functional groups attached to an aromatic ring is 1. The summed E-state index contributed by atoms with van der Waals surface area (Å²) in [6.07, 6.45) is 2.59. The highest BCUT2D eigenvalue weighted by Gasteiger charge is 2.34. The normalized spacial score (nSPS) is 17.0. The van der Waals surface area contributed by atoms with Crippen molar-refractivity contribution >= 4 is 49.2 Å². The number of nitrogens with zero attached hydrogens (tertiary/aromatic N) is 4. The molecule has 0 saturated heterocycles. The maximum atomic E-state index is 12.6. The molecule has 6 rings (SSSR count). The van der Waals surface area contributed by atoms with Crippen molar-refractivity contribution < 1.29 is 9.53 Å². The highest BCUT2D eigenvalue weighted by Crippen LogP contribution is 2.37. The minimum absolute atomic E-state index is 0.0369. The number of fused-ring (bicyclic) bond motifs is 3. The van der Waals surface area contributed by atoms with Gasteiger partial charge in [0.15, 0.2) is 10.3 Å². The average Bonchev–Trinajstić information content (AvgIpc) is 3.28. The third-order valence-corrected chi connectivity index (χ3v) is 8.11. The molecular weight excluding hydrogens is 468 g/mol. The van der Waals surface area contributed by atoms with Gasteiger partial charge in [0, 0.05) is 35.8 Å². The molecule has 1 aromatic carbocycles. The number of anilines is 2. The molecule has 10 heteroatoms. The van der Waals surface area contributed by atoms with E-state index in [-0.39, 0.29) is 11.4 Å². The van der Waals surface area contributed by atoms with Gasteiger partial charge in [0.1, 0.15) is 27.6 Å². The van der Waals surface area contributed by atoms with Gasteiger partial charge in [-0.05, 0) is 50.1 Å². The molecule has 34 heavy (non-hydrogen) atoms. The van der Waals surface area contributed by atoms with Gasteiger partial charge in [-0.3, -0.25) is 4.79 Å². The van der Waals surface area contributed by atoms with Gasteiger partial charge in [-0.2, -0.15) is 0 Å². The summed E-state index contributed by atoms with van der Waals surface area (Å²) in [7, 11) is 0. The molecule has 0 radical (unpaired) electrons. The smallest absolute Gasteiger partial charge is 0.263 e. The van der Waals surface area contributed by atoms with E-state index in [0.717, 1.165) is 55.6 Å². The summed E-state index contributed by atoms with van der Waals surface area (Å²) in [5, 5.41) is 4.45. The van der Waals surface area contributed by atoms with E-state index >= 15 is 0 Å². The fourth-order valence-electron chi connectivity index (χ4n) is 4.64. The molecule has 0 fully saturated rings. The number of carbonyl (C=O) groups excluding carboxylic acids is 1. The van der Waals surface area contributed by atoms with E-state index in [1.165, 1.54) is 22.7 Å². The average molecular weight is 493 g/mol. The number of ether oxygens (including phenoxy) is 1. The van der Waals surface area contributed by atoms with Gasteiger partial charge in [-0.1, -0.05) is 22.7 Å². The van der Waals surface area contributed by atoms with Gasteiger partial charge < -0.3 is 20.7 Å². The van der Waals surface area contributed by atoms with Crippen LogP contribution < -0.4 is 20.7 Å². The maximum Gasteiger partial charge on any atom is 0.263 e. The third-order valence-electron chi connectivity index (χ3n) is 6.14. The Kier molecular flexibility index (Phi) is 4.79. The zero-order chi connectivity index (χ0) is 23.6. The van der Waals surface area contributed by atoms with Crippen LogP contribution in [0.1, 0.15) is 40.3 Å². The lowest BCUT2D eigenvalue weighted by molar-refractivity contribution is 0.0901. The zero-order valence-electron chi connectivity index (χ0n) is 19.1. The fraction of sp³-hybridized carbons (Fsp3) is 0.333. The Morgan fingerprint density at radius 2 is 2.03 bits per heavy atom. The molecule has 174 valence electrons. The molecule has 0 saturated carbocycles. The van der Waals surface area contributed by atoms with Crippen molar-refractivity contribution in [3.8, 4) is 16.9 Å². The second-order valence-corrected chi connectivity index (χ2v) is 11.4. The SMILES string of the molecule is Cc1cc(-c2cnc3sc(N)nc3c2)cc2c1OCCN(c1nc3c(s1)C(=O)NC(C)(C)C3)C2. The molecule has 2 aliphatic heterocycles. The van der Waals surface area contributed by atoms with E-state index in [2.05, 4.69) is 39.2 Å². The molecule has 0 spiro atoms. The molecule has 3 N–H and O–H groups in total. The first-order valence-electron chi connectivity index (χ1n) is 11.1. The monoisotopic (exact) mass is 492 g/mol. The highest BCUT2D eigenvalue weighted by atomic mass is 32.1. The standard InChI is InChI=1S/C24H24N6O2S2/c1-12-6-13(14-8-16-21(26-10-14)34-22(25)27-16)7-15-11-30(4-5-32-18(12)15)23-28-17-9-24(2,3)29-20(31)19(17)33-23/h6-8,10H,4-5,9,11H2,1-3H3,(H2,25,27)(H,29,31). The van der Waals surface area contributed by atoms with Gasteiger partial charge in [0.2, 0.25) is 0 Å². The van der Waals surface area contributed by atoms with Crippen molar-refractivity contribution in [2.45, 2.75) is 39.3 Å². The van der Waals surface area contributed by atoms with Crippen LogP contribution in [0.5, 0.6) is 5.75 Å². The Hall–Kier alpha value is -3.24. The Labute approximate surface area is 204 Å². The summed E-state index contributed by atoms with van der Waals surface area (Å²) >= 11 is 2.85. The number of pyridine rings is 1. The molecule has 1 amide bonds. The van der Waals surface area contributed by atoms with E-state index in [1.807, 2.05) is 26.1 Å². The molecule has 8 nitrogen and oxygen atoms in total. The highest BCUT2D eigenvalue weighted by molar-refractivity contribution is 7.21. The van der Waals surface area contributed by atoms with Crippen LogP contribution in [0.3, 0.4) is 0 Å². The van der Waals surface area contributed by atoms with Crippen molar-refractivity contribution in [1.82, 2.24) is 20.3 Å². The zero-order valence-corrected chi connectivity index (χ0v) is 20.8. The van der Waals surface area contributed by atoms with Crippen LogP contribution in [0.4, 0.5) is 10.3 Å². The van der Waals surface area contributed by atoms with Crippen molar-refractivity contribution in [3.63, 3.8) is 0 Å². The van der Waals surface area contributed by atoms with Crippen molar-refractivity contribution in [1.29, 1.82) is 0 Å². The van der Waals surface area contributed by atoms with Crippen molar-refractivity contribution in [2.75, 3.05) is 23.8 Å². The summed E-state index contributed by atoms with van der Waals surface area (Å²) in [6, 6.07) is 6.31. The number of aryl methyl sites for hydroxylation is 1. The Morgan fingerprint density at radius 3 is 2.88 bits per heavy atom. The number of hydrogen-bond donors (Lipinski definition) is 2. The summed E-state index contributed by atoms with van der Waals surface area (Å²) < 4.78 is 6.16. The summed E-state index contributed by atoms with van der Waals surface area (Å²) in [6.45, 7) is 8.03. The van der Waals surface area contributed by atoms with Crippen molar-refractivity contribution in [2.24, 2.45) is 0 Å². The third kappa shape index (κ3) is 3.67. The Balaban J connectivity index is 1.36. The molecule has 0 bridgehead atoms. The number of carbonyl (C=O) groups is 1.